The fourth-order valence-electron chi connectivity index (χ4n) is 1.89. The summed E-state index contributed by atoms with van der Waals surface area (Å²) in [5.41, 5.74) is 2.04. The van der Waals surface area contributed by atoms with Gasteiger partial charge in [0.1, 0.15) is 6.33 Å². The number of aryl methyl sites for hydroxylation is 1. The Bertz CT molecular complexity index is 601. The number of hydrogen-bond donors (Lipinski definition) is 1. The van der Waals surface area contributed by atoms with E-state index in [4.69, 9.17) is 5.11 Å². The van der Waals surface area contributed by atoms with Gasteiger partial charge in [0.15, 0.2) is 5.69 Å². The van der Waals surface area contributed by atoms with Crippen molar-refractivity contribution in [3.8, 4) is 5.69 Å². The van der Waals surface area contributed by atoms with Gasteiger partial charge in [-0.05, 0) is 12.5 Å². The number of aromatic carboxylic acids is 1. The van der Waals surface area contributed by atoms with Gasteiger partial charge in [-0.15, -0.1) is 23.1 Å². The van der Waals surface area contributed by atoms with Crippen LogP contribution in [0.5, 0.6) is 0 Å². The largest absolute Gasteiger partial charge is 0.476 e. The van der Waals surface area contributed by atoms with Crippen molar-refractivity contribution in [2.45, 2.75) is 23.3 Å². The van der Waals surface area contributed by atoms with E-state index >= 15 is 0 Å². The van der Waals surface area contributed by atoms with Crippen LogP contribution >= 0.6 is 23.1 Å². The van der Waals surface area contributed by atoms with Gasteiger partial charge < -0.3 is 5.11 Å². The molecular formula is C11H10N2O2S2. The van der Waals surface area contributed by atoms with Crippen molar-refractivity contribution in [2.24, 2.45) is 0 Å². The van der Waals surface area contributed by atoms with Crippen LogP contribution in [0.25, 0.3) is 5.69 Å². The molecule has 0 amide bonds. The lowest BCUT2D eigenvalue weighted by Crippen LogP contribution is -2.07. The van der Waals surface area contributed by atoms with Crippen molar-refractivity contribution < 1.29 is 9.90 Å². The molecule has 0 saturated carbocycles. The Labute approximate surface area is 106 Å². The molecule has 1 N–H and O–H groups in total. The van der Waals surface area contributed by atoms with Crippen LogP contribution in [0.2, 0.25) is 0 Å². The van der Waals surface area contributed by atoms with Gasteiger partial charge in [-0.2, -0.15) is 0 Å². The Balaban J connectivity index is 2.16. The monoisotopic (exact) mass is 266 g/mol. The van der Waals surface area contributed by atoms with E-state index in [0.717, 1.165) is 17.8 Å². The third-order valence-electron chi connectivity index (χ3n) is 2.75. The number of thioether (sulfide) groups is 1. The smallest absolute Gasteiger partial charge is 0.356 e. The molecule has 6 heteroatoms. The van der Waals surface area contributed by atoms with Crippen molar-refractivity contribution in [3.05, 3.63) is 28.7 Å². The second kappa shape index (κ2) is 3.89. The van der Waals surface area contributed by atoms with Crippen molar-refractivity contribution in [1.82, 2.24) is 9.55 Å². The maximum atomic E-state index is 11.0. The number of nitrogens with zero attached hydrogens (tertiary/aromatic N) is 2. The predicted molar refractivity (Wildman–Crippen MR) is 67.3 cm³/mol. The normalized spacial score (nSPS) is 13.2. The predicted octanol–water partition coefficient (Wildman–Crippen LogP) is 2.80. The quantitative estimate of drug-likeness (QED) is 0.908. The molecule has 1 aliphatic heterocycles. The van der Waals surface area contributed by atoms with Crippen molar-refractivity contribution in [3.63, 3.8) is 0 Å². The molecule has 0 aliphatic carbocycles. The molecule has 0 fully saturated rings. The van der Waals surface area contributed by atoms with Crippen molar-refractivity contribution in [2.75, 3.05) is 0 Å². The molecule has 0 aromatic carbocycles. The van der Waals surface area contributed by atoms with Gasteiger partial charge in [0.2, 0.25) is 0 Å². The minimum absolute atomic E-state index is 0.174. The Morgan fingerprint density at radius 1 is 1.65 bits per heavy atom. The summed E-state index contributed by atoms with van der Waals surface area (Å²) in [4.78, 5) is 16.3. The SMILES string of the molecule is CCc1cc2c(s1)SCc1c(C(=O)O)ncn1-2. The number of carboxylic acids is 1. The van der Waals surface area contributed by atoms with E-state index in [0.29, 0.717) is 5.75 Å². The standard InChI is InChI=1S/C11H10N2O2S2/c1-2-6-3-7-11(17-6)16-4-8-9(10(14)15)12-5-13(7)8/h3,5H,2,4H2,1H3,(H,14,15). The van der Waals surface area contributed by atoms with E-state index in [1.807, 2.05) is 4.57 Å². The highest BCUT2D eigenvalue weighted by Crippen LogP contribution is 2.41. The molecular weight excluding hydrogens is 256 g/mol. The summed E-state index contributed by atoms with van der Waals surface area (Å²) in [5, 5.41) is 9.05. The van der Waals surface area contributed by atoms with Gasteiger partial charge in [0, 0.05) is 10.6 Å². The number of fused-ring (bicyclic) bond motifs is 3. The lowest BCUT2D eigenvalue weighted by Gasteiger charge is -2.14. The van der Waals surface area contributed by atoms with E-state index in [1.54, 1.807) is 29.4 Å². The summed E-state index contributed by atoms with van der Waals surface area (Å²) in [6.07, 6.45) is 2.62. The summed E-state index contributed by atoms with van der Waals surface area (Å²) in [5.74, 6) is -0.271. The molecule has 0 bridgehead atoms. The average Bonchev–Trinajstić information content (AvgIpc) is 2.91. The molecule has 2 aromatic heterocycles. The zero-order valence-corrected chi connectivity index (χ0v) is 10.8. The van der Waals surface area contributed by atoms with Gasteiger partial charge in [-0.25, -0.2) is 9.78 Å². The zero-order chi connectivity index (χ0) is 12.0. The molecule has 0 unspecified atom stereocenters. The first-order chi connectivity index (χ1) is 8.20. The highest BCUT2D eigenvalue weighted by molar-refractivity contribution is 8.00. The average molecular weight is 266 g/mol. The molecule has 0 saturated heterocycles. The highest BCUT2D eigenvalue weighted by atomic mass is 32.2. The highest BCUT2D eigenvalue weighted by Gasteiger charge is 2.25. The Morgan fingerprint density at radius 2 is 2.47 bits per heavy atom. The van der Waals surface area contributed by atoms with Gasteiger partial charge in [0.25, 0.3) is 0 Å². The minimum Gasteiger partial charge on any atom is -0.476 e. The van der Waals surface area contributed by atoms with Gasteiger partial charge in [0.05, 0.1) is 15.6 Å². The molecule has 4 nitrogen and oxygen atoms in total. The summed E-state index contributed by atoms with van der Waals surface area (Å²) < 4.78 is 3.16. The Hall–Kier alpha value is -1.27. The van der Waals surface area contributed by atoms with Crippen LogP contribution in [-0.2, 0) is 12.2 Å². The summed E-state index contributed by atoms with van der Waals surface area (Å²) >= 11 is 3.48. The van der Waals surface area contributed by atoms with E-state index < -0.39 is 5.97 Å². The third kappa shape index (κ3) is 1.59. The molecule has 1 aliphatic rings. The fraction of sp³-hybridized carbons (Fsp3) is 0.273. The molecule has 2 aromatic rings. The lowest BCUT2D eigenvalue weighted by molar-refractivity contribution is 0.0690. The lowest BCUT2D eigenvalue weighted by atomic mass is 10.3. The second-order valence-corrected chi connectivity index (χ2v) is 6.12. The fourth-order valence-corrected chi connectivity index (χ4v) is 4.29. The summed E-state index contributed by atoms with van der Waals surface area (Å²) in [7, 11) is 0. The van der Waals surface area contributed by atoms with Gasteiger partial charge >= 0.3 is 5.97 Å². The Morgan fingerprint density at radius 3 is 3.18 bits per heavy atom. The zero-order valence-electron chi connectivity index (χ0n) is 9.14. The number of carbonyl (C=O) groups is 1. The number of thiophene rings is 1. The first-order valence-corrected chi connectivity index (χ1v) is 7.06. The topological polar surface area (TPSA) is 55.1 Å². The molecule has 0 atom stereocenters. The maximum absolute atomic E-state index is 11.0. The third-order valence-corrected chi connectivity index (χ3v) is 5.30. The first-order valence-electron chi connectivity index (χ1n) is 5.26. The van der Waals surface area contributed by atoms with Gasteiger partial charge in [-0.3, -0.25) is 4.57 Å². The number of rotatable bonds is 2. The van der Waals surface area contributed by atoms with Gasteiger partial charge in [-0.1, -0.05) is 6.92 Å². The summed E-state index contributed by atoms with van der Waals surface area (Å²) in [6, 6.07) is 2.13. The molecule has 17 heavy (non-hydrogen) atoms. The van der Waals surface area contributed by atoms with Crippen LogP contribution in [0.3, 0.4) is 0 Å². The second-order valence-electron chi connectivity index (χ2n) is 3.74. The molecule has 3 rings (SSSR count). The van der Waals surface area contributed by atoms with Crippen LogP contribution in [-0.4, -0.2) is 20.6 Å². The molecule has 88 valence electrons. The van der Waals surface area contributed by atoms with Crippen LogP contribution in [0.1, 0.15) is 28.0 Å². The number of carboxylic acid groups (broad SMARTS) is 1. The van der Waals surface area contributed by atoms with E-state index in [9.17, 15) is 4.79 Å². The number of aromatic nitrogens is 2. The Kier molecular flexibility index (Phi) is 2.48. The van der Waals surface area contributed by atoms with E-state index in [-0.39, 0.29) is 5.69 Å². The van der Waals surface area contributed by atoms with E-state index in [1.165, 1.54) is 9.09 Å². The van der Waals surface area contributed by atoms with Crippen molar-refractivity contribution in [1.29, 1.82) is 0 Å². The van der Waals surface area contributed by atoms with E-state index in [2.05, 4.69) is 18.0 Å². The maximum Gasteiger partial charge on any atom is 0.356 e. The van der Waals surface area contributed by atoms with Crippen LogP contribution < -0.4 is 0 Å². The van der Waals surface area contributed by atoms with Crippen LogP contribution in [0.15, 0.2) is 16.6 Å². The molecule has 3 heterocycles. The molecule has 0 radical (unpaired) electrons. The summed E-state index contributed by atoms with van der Waals surface area (Å²) in [6.45, 7) is 2.12. The number of imidazole rings is 1. The minimum atomic E-state index is -0.950. The van der Waals surface area contributed by atoms with Crippen molar-refractivity contribution >= 4 is 29.1 Å². The molecule has 0 spiro atoms. The van der Waals surface area contributed by atoms with Crippen LogP contribution in [0.4, 0.5) is 0 Å². The number of hydrogen-bond acceptors (Lipinski definition) is 4. The van der Waals surface area contributed by atoms with Crippen LogP contribution in [0, 0.1) is 0 Å². The first kappa shape index (κ1) is 10.9.